The highest BCUT2D eigenvalue weighted by Gasteiger charge is 2.22. The Balaban J connectivity index is 2.31. The summed E-state index contributed by atoms with van der Waals surface area (Å²) in [5.74, 6) is 1.85. The number of hydrogen-bond acceptors (Lipinski definition) is 2. The first-order valence-electron chi connectivity index (χ1n) is 3.67. The van der Waals surface area contributed by atoms with E-state index in [0.29, 0.717) is 17.4 Å². The molecule has 0 aliphatic carbocycles. The van der Waals surface area contributed by atoms with Gasteiger partial charge in [0, 0.05) is 11.5 Å². The zero-order valence-corrected chi connectivity index (χ0v) is 6.94. The summed E-state index contributed by atoms with van der Waals surface area (Å²) in [5, 5.41) is 0. The monoisotopic (exact) mass is 163 g/mol. The highest BCUT2D eigenvalue weighted by molar-refractivity contribution is 8.24. The number of rotatable bonds is 1. The molecule has 2 N–H and O–H groups in total. The van der Waals surface area contributed by atoms with E-state index in [4.69, 9.17) is 0 Å². The minimum atomic E-state index is -2.15. The van der Waals surface area contributed by atoms with Gasteiger partial charge in [0.15, 0.2) is 0 Å². The van der Waals surface area contributed by atoms with Crippen LogP contribution in [0.4, 0.5) is 0 Å². The first-order chi connectivity index (χ1) is 4.64. The maximum atomic E-state index is 9.21. The average Bonchev–Trinajstić information content (AvgIpc) is 1.88. The topological polar surface area (TPSA) is 40.5 Å². The molecule has 0 aromatic heterocycles. The van der Waals surface area contributed by atoms with Gasteiger partial charge in [0.1, 0.15) is 0 Å². The van der Waals surface area contributed by atoms with E-state index >= 15 is 0 Å². The zero-order valence-electron chi connectivity index (χ0n) is 6.12. The normalized spacial score (nSPS) is 29.9. The van der Waals surface area contributed by atoms with Crippen LogP contribution in [0, 0.1) is 12.8 Å². The van der Waals surface area contributed by atoms with Gasteiger partial charge >= 0.3 is 0 Å². The molecule has 1 aliphatic heterocycles. The molecule has 0 amide bonds. The fourth-order valence-corrected chi connectivity index (χ4v) is 2.87. The van der Waals surface area contributed by atoms with E-state index in [-0.39, 0.29) is 0 Å². The molecule has 1 fully saturated rings. The number of hydrogen-bond donors (Lipinski definition) is 2. The molecular weight excluding hydrogens is 148 g/mol. The zero-order chi connectivity index (χ0) is 7.61. The Morgan fingerprint density at radius 2 is 1.80 bits per heavy atom. The van der Waals surface area contributed by atoms with Crippen LogP contribution in [0.1, 0.15) is 19.3 Å². The van der Waals surface area contributed by atoms with Gasteiger partial charge < -0.3 is 0 Å². The summed E-state index contributed by atoms with van der Waals surface area (Å²) in [7, 11) is -2.15. The SMILES string of the molecule is [CH2]CC1CCS(O)(O)CC1. The Bertz CT molecular complexity index is 104. The molecule has 1 saturated heterocycles. The van der Waals surface area contributed by atoms with Crippen molar-refractivity contribution in [3.8, 4) is 0 Å². The second kappa shape index (κ2) is 3.11. The average molecular weight is 163 g/mol. The Morgan fingerprint density at radius 1 is 1.30 bits per heavy atom. The van der Waals surface area contributed by atoms with Crippen LogP contribution in [0.5, 0.6) is 0 Å². The summed E-state index contributed by atoms with van der Waals surface area (Å²) >= 11 is 0. The lowest BCUT2D eigenvalue weighted by Crippen LogP contribution is -2.19. The lowest BCUT2D eigenvalue weighted by molar-refractivity contribution is 0.419. The van der Waals surface area contributed by atoms with E-state index in [2.05, 4.69) is 6.92 Å². The van der Waals surface area contributed by atoms with Crippen LogP contribution in [-0.2, 0) is 0 Å². The fraction of sp³-hybridized carbons (Fsp3) is 0.857. The third-order valence-corrected chi connectivity index (χ3v) is 3.89. The molecule has 0 unspecified atom stereocenters. The van der Waals surface area contributed by atoms with Crippen molar-refractivity contribution in [2.45, 2.75) is 19.3 Å². The van der Waals surface area contributed by atoms with Gasteiger partial charge in [-0.2, -0.15) is 10.6 Å². The summed E-state index contributed by atoms with van der Waals surface area (Å²) in [6.45, 7) is 3.80. The fourth-order valence-electron chi connectivity index (χ4n) is 1.25. The molecule has 0 spiro atoms. The minimum absolute atomic E-state index is 0.604. The summed E-state index contributed by atoms with van der Waals surface area (Å²) in [6.07, 6.45) is 2.84. The van der Waals surface area contributed by atoms with Crippen molar-refractivity contribution in [3.63, 3.8) is 0 Å². The van der Waals surface area contributed by atoms with Crippen LogP contribution in [0.3, 0.4) is 0 Å². The van der Waals surface area contributed by atoms with E-state index in [0.717, 1.165) is 19.3 Å². The third kappa shape index (κ3) is 2.15. The molecule has 2 nitrogen and oxygen atoms in total. The van der Waals surface area contributed by atoms with E-state index in [1.54, 1.807) is 0 Å². The molecule has 0 aromatic carbocycles. The molecule has 1 heterocycles. The quantitative estimate of drug-likeness (QED) is 0.623. The highest BCUT2D eigenvalue weighted by Crippen LogP contribution is 2.46. The molecule has 3 heteroatoms. The second-order valence-corrected chi connectivity index (χ2v) is 5.36. The largest absolute Gasteiger partial charge is 0.299 e. The molecular formula is C7H15O2S. The van der Waals surface area contributed by atoms with E-state index < -0.39 is 10.6 Å². The van der Waals surface area contributed by atoms with Crippen molar-refractivity contribution in [1.29, 1.82) is 0 Å². The van der Waals surface area contributed by atoms with Crippen LogP contribution < -0.4 is 0 Å². The maximum absolute atomic E-state index is 9.21. The van der Waals surface area contributed by atoms with Crippen molar-refractivity contribution >= 4 is 10.6 Å². The second-order valence-electron chi connectivity index (χ2n) is 2.94. The molecule has 0 saturated carbocycles. The molecule has 1 rings (SSSR count). The Kier molecular flexibility index (Phi) is 2.61. The van der Waals surface area contributed by atoms with E-state index in [1.807, 2.05) is 0 Å². The smallest absolute Gasteiger partial charge is 0.0377 e. The summed E-state index contributed by atoms with van der Waals surface area (Å²) < 4.78 is 18.4. The van der Waals surface area contributed by atoms with Crippen molar-refractivity contribution < 1.29 is 9.11 Å². The van der Waals surface area contributed by atoms with Crippen molar-refractivity contribution in [3.05, 3.63) is 6.92 Å². The Labute approximate surface area is 64.0 Å². The predicted octanol–water partition coefficient (Wildman–Crippen LogP) is 2.37. The van der Waals surface area contributed by atoms with Gasteiger partial charge in [0.05, 0.1) is 0 Å². The van der Waals surface area contributed by atoms with Gasteiger partial charge in [-0.3, -0.25) is 9.11 Å². The van der Waals surface area contributed by atoms with Crippen LogP contribution in [-0.4, -0.2) is 20.6 Å². The summed E-state index contributed by atoms with van der Waals surface area (Å²) in [5.41, 5.74) is 0. The van der Waals surface area contributed by atoms with E-state index in [1.165, 1.54) is 0 Å². The van der Waals surface area contributed by atoms with Crippen LogP contribution >= 0.6 is 10.6 Å². The highest BCUT2D eigenvalue weighted by atomic mass is 32.3. The predicted molar refractivity (Wildman–Crippen MR) is 45.3 cm³/mol. The van der Waals surface area contributed by atoms with Crippen molar-refractivity contribution in [2.75, 3.05) is 11.5 Å². The Morgan fingerprint density at radius 3 is 2.20 bits per heavy atom. The molecule has 1 radical (unpaired) electrons. The van der Waals surface area contributed by atoms with Gasteiger partial charge in [-0.1, -0.05) is 13.3 Å². The molecule has 0 atom stereocenters. The van der Waals surface area contributed by atoms with Gasteiger partial charge in [0.2, 0.25) is 0 Å². The molecule has 0 bridgehead atoms. The first-order valence-corrected chi connectivity index (χ1v) is 5.55. The van der Waals surface area contributed by atoms with Crippen LogP contribution in [0.15, 0.2) is 0 Å². The Hall–Kier alpha value is 0.270. The van der Waals surface area contributed by atoms with E-state index in [9.17, 15) is 9.11 Å². The first kappa shape index (κ1) is 8.37. The van der Waals surface area contributed by atoms with Crippen LogP contribution in [0.2, 0.25) is 0 Å². The lowest BCUT2D eigenvalue weighted by atomic mass is 10.0. The third-order valence-electron chi connectivity index (χ3n) is 2.11. The lowest BCUT2D eigenvalue weighted by Gasteiger charge is -2.38. The molecule has 61 valence electrons. The summed E-state index contributed by atoms with van der Waals surface area (Å²) in [4.78, 5) is 0. The van der Waals surface area contributed by atoms with Crippen LogP contribution in [0.25, 0.3) is 0 Å². The van der Waals surface area contributed by atoms with Crippen molar-refractivity contribution in [1.82, 2.24) is 0 Å². The minimum Gasteiger partial charge on any atom is -0.299 e. The van der Waals surface area contributed by atoms with Crippen molar-refractivity contribution in [2.24, 2.45) is 5.92 Å². The summed E-state index contributed by atoms with van der Waals surface area (Å²) in [6, 6.07) is 0. The van der Waals surface area contributed by atoms with Gasteiger partial charge in [-0.25, -0.2) is 0 Å². The van der Waals surface area contributed by atoms with Gasteiger partial charge in [-0.05, 0) is 18.8 Å². The molecule has 1 aliphatic rings. The van der Waals surface area contributed by atoms with Gasteiger partial charge in [0.25, 0.3) is 0 Å². The molecule has 0 aromatic rings. The maximum Gasteiger partial charge on any atom is 0.0377 e. The van der Waals surface area contributed by atoms with Gasteiger partial charge in [-0.15, -0.1) is 0 Å². The standard InChI is InChI=1S/C7H15O2S/c1-2-7-3-5-10(8,9)6-4-7/h7-9H,1-6H2. The molecule has 10 heavy (non-hydrogen) atoms.